The Labute approximate surface area is 56.9 Å². The van der Waals surface area contributed by atoms with Crippen molar-refractivity contribution >= 4 is 17.1 Å². The number of carbonyl (C=O) groups excluding carboxylic acids is 1. The van der Waals surface area contributed by atoms with Gasteiger partial charge in [-0.2, -0.15) is 0 Å². The van der Waals surface area contributed by atoms with Gasteiger partial charge in [-0.15, -0.1) is 0 Å². The van der Waals surface area contributed by atoms with Crippen molar-refractivity contribution in [1.29, 1.82) is 0 Å². The van der Waals surface area contributed by atoms with Gasteiger partial charge in [0.2, 0.25) is 5.91 Å². The van der Waals surface area contributed by atoms with Crippen LogP contribution < -0.4 is 11.3 Å². The molecule has 0 aliphatic heterocycles. The Hall–Kier alpha value is -0.260. The van der Waals surface area contributed by atoms with Crippen molar-refractivity contribution in [2.24, 2.45) is 5.84 Å². The minimum absolute atomic E-state index is 0.236. The normalized spacial score (nSPS) is 12.8. The fourth-order valence-corrected chi connectivity index (χ4v) is 0.781. The number of hydrogen-bond donors (Lipinski definition) is 2. The second-order valence-corrected chi connectivity index (χ2v) is 3.15. The van der Waals surface area contributed by atoms with Crippen molar-refractivity contribution in [2.45, 2.75) is 6.42 Å². The van der Waals surface area contributed by atoms with E-state index in [9.17, 15) is 9.35 Å². The Morgan fingerprint density at radius 2 is 2.44 bits per heavy atom. The molecule has 54 valence electrons. The highest BCUT2D eigenvalue weighted by Gasteiger charge is 2.02. The largest absolute Gasteiger partial charge is 0.617 e. The fourth-order valence-electron chi connectivity index (χ4n) is 0.309. The topological polar surface area (TPSA) is 78.2 Å². The number of hydrogen-bond acceptors (Lipinski definition) is 3. The van der Waals surface area contributed by atoms with E-state index in [1.165, 1.54) is 0 Å². The summed E-state index contributed by atoms with van der Waals surface area (Å²) in [6, 6.07) is 0. The summed E-state index contributed by atoms with van der Waals surface area (Å²) in [5, 5.41) is 0. The molecule has 5 heteroatoms. The first-order chi connectivity index (χ1) is 4.16. The Morgan fingerprint density at radius 3 is 2.78 bits per heavy atom. The molecule has 1 unspecified atom stereocenters. The van der Waals surface area contributed by atoms with E-state index in [0.29, 0.717) is 5.75 Å². The summed E-state index contributed by atoms with van der Waals surface area (Å²) in [7, 11) is 0. The van der Waals surface area contributed by atoms with Crippen LogP contribution >= 0.6 is 0 Å². The summed E-state index contributed by atoms with van der Waals surface area (Å²) in [6.07, 6.45) is 1.78. The van der Waals surface area contributed by atoms with Gasteiger partial charge in [-0.05, 0) is 0 Å². The summed E-state index contributed by atoms with van der Waals surface area (Å²) in [5.41, 5.74) is 1.95. The van der Waals surface area contributed by atoms with Crippen molar-refractivity contribution in [2.75, 3.05) is 12.0 Å². The lowest BCUT2D eigenvalue weighted by Gasteiger charge is -2.02. The molecule has 4 nitrogen and oxygen atoms in total. The first kappa shape index (κ1) is 8.74. The van der Waals surface area contributed by atoms with Gasteiger partial charge >= 0.3 is 0 Å². The molecule has 0 rings (SSSR count). The molecule has 0 saturated carbocycles. The quantitative estimate of drug-likeness (QED) is 0.228. The van der Waals surface area contributed by atoms with E-state index < -0.39 is 11.2 Å². The third kappa shape index (κ3) is 5.61. The molecule has 0 spiro atoms. The molecular weight excluding hydrogens is 140 g/mol. The van der Waals surface area contributed by atoms with E-state index in [2.05, 4.69) is 0 Å². The van der Waals surface area contributed by atoms with E-state index in [1.807, 2.05) is 5.43 Å². The summed E-state index contributed by atoms with van der Waals surface area (Å²) >= 11 is -0.904. The van der Waals surface area contributed by atoms with Crippen LogP contribution in [0.2, 0.25) is 0 Å². The molecule has 0 radical (unpaired) electrons. The first-order valence-corrected chi connectivity index (χ1v) is 4.19. The Kier molecular flexibility index (Phi) is 4.47. The molecule has 1 atom stereocenters. The summed E-state index contributed by atoms with van der Waals surface area (Å²) in [6.45, 7) is 0. The van der Waals surface area contributed by atoms with E-state index >= 15 is 0 Å². The summed E-state index contributed by atoms with van der Waals surface area (Å²) in [4.78, 5) is 10.3. The van der Waals surface area contributed by atoms with Gasteiger partial charge in [0.05, 0.1) is 12.7 Å². The van der Waals surface area contributed by atoms with E-state index in [1.54, 1.807) is 6.26 Å². The van der Waals surface area contributed by atoms with Crippen LogP contribution in [0.15, 0.2) is 0 Å². The van der Waals surface area contributed by atoms with Crippen LogP contribution in [0.5, 0.6) is 0 Å². The number of nitrogens with one attached hydrogen (secondary N) is 1. The maximum Gasteiger partial charge on any atom is 0.238 e. The molecule has 0 fully saturated rings. The van der Waals surface area contributed by atoms with Crippen molar-refractivity contribution < 1.29 is 9.35 Å². The zero-order valence-electron chi connectivity index (χ0n) is 5.22. The number of rotatable bonds is 3. The number of amides is 1. The van der Waals surface area contributed by atoms with Crippen LogP contribution in [0, 0.1) is 0 Å². The smallest absolute Gasteiger partial charge is 0.238 e. The molecule has 1 amide bonds. The van der Waals surface area contributed by atoms with Crippen LogP contribution in [0.3, 0.4) is 0 Å². The maximum absolute atomic E-state index is 10.4. The average molecular weight is 150 g/mol. The third-order valence-corrected chi connectivity index (χ3v) is 1.56. The molecule has 0 aromatic heterocycles. The van der Waals surface area contributed by atoms with E-state index in [-0.39, 0.29) is 12.3 Å². The van der Waals surface area contributed by atoms with Gasteiger partial charge < -0.3 is 4.55 Å². The molecule has 0 aliphatic rings. The zero-order valence-corrected chi connectivity index (χ0v) is 6.03. The van der Waals surface area contributed by atoms with Crippen LogP contribution in [-0.4, -0.2) is 22.5 Å². The van der Waals surface area contributed by atoms with Crippen LogP contribution in [0.1, 0.15) is 6.42 Å². The minimum Gasteiger partial charge on any atom is -0.617 e. The lowest BCUT2D eigenvalue weighted by molar-refractivity contribution is -0.120. The second-order valence-electron chi connectivity index (χ2n) is 1.59. The molecule has 0 aliphatic carbocycles. The van der Waals surface area contributed by atoms with Crippen LogP contribution in [-0.2, 0) is 16.0 Å². The van der Waals surface area contributed by atoms with E-state index in [0.717, 1.165) is 0 Å². The molecule has 0 aromatic rings. The predicted octanol–water partition coefficient (Wildman–Crippen LogP) is -1.26. The van der Waals surface area contributed by atoms with Gasteiger partial charge in [0, 0.05) is 0 Å². The van der Waals surface area contributed by atoms with Gasteiger partial charge in [0.25, 0.3) is 0 Å². The standard InChI is InChI=1S/C4H10N2O2S/c1-9(8)3-2-4(7)6-5/h2-3,5H2,1H3,(H,6,7). The Balaban J connectivity index is 3.17. The van der Waals surface area contributed by atoms with Crippen molar-refractivity contribution in [3.05, 3.63) is 0 Å². The Bertz CT molecular complexity index is 96.6. The van der Waals surface area contributed by atoms with Gasteiger partial charge in [0.1, 0.15) is 5.75 Å². The predicted molar refractivity (Wildman–Crippen MR) is 35.9 cm³/mol. The van der Waals surface area contributed by atoms with Crippen LogP contribution in [0.4, 0.5) is 0 Å². The van der Waals surface area contributed by atoms with Gasteiger partial charge in [-0.1, -0.05) is 11.2 Å². The highest BCUT2D eigenvalue weighted by Crippen LogP contribution is 1.86. The maximum atomic E-state index is 10.4. The number of nitrogens with two attached hydrogens (primary N) is 1. The van der Waals surface area contributed by atoms with Gasteiger partial charge in [0.15, 0.2) is 0 Å². The highest BCUT2D eigenvalue weighted by atomic mass is 32.2. The number of carbonyl (C=O) groups is 1. The molecule has 0 heterocycles. The summed E-state index contributed by atoms with van der Waals surface area (Å²) < 4.78 is 10.4. The summed E-state index contributed by atoms with van der Waals surface area (Å²) in [5.74, 6) is 4.86. The Morgan fingerprint density at radius 1 is 1.89 bits per heavy atom. The zero-order chi connectivity index (χ0) is 7.28. The third-order valence-electron chi connectivity index (χ3n) is 0.778. The van der Waals surface area contributed by atoms with Crippen molar-refractivity contribution in [3.8, 4) is 0 Å². The second kappa shape index (κ2) is 4.60. The van der Waals surface area contributed by atoms with Crippen molar-refractivity contribution in [3.63, 3.8) is 0 Å². The average Bonchev–Trinajstić information content (AvgIpc) is 1.83. The lowest BCUT2D eigenvalue weighted by Crippen LogP contribution is -2.31. The minimum atomic E-state index is -0.904. The number of hydrazine groups is 1. The molecule has 0 aromatic carbocycles. The van der Waals surface area contributed by atoms with Gasteiger partial charge in [-0.3, -0.25) is 10.2 Å². The molecule has 0 bridgehead atoms. The fraction of sp³-hybridized carbons (Fsp3) is 0.750. The first-order valence-electron chi connectivity index (χ1n) is 2.46. The van der Waals surface area contributed by atoms with Crippen LogP contribution in [0.25, 0.3) is 0 Å². The molecule has 0 saturated heterocycles. The van der Waals surface area contributed by atoms with Gasteiger partial charge in [-0.25, -0.2) is 5.84 Å². The lowest BCUT2D eigenvalue weighted by atomic mass is 10.5. The van der Waals surface area contributed by atoms with Crippen molar-refractivity contribution in [1.82, 2.24) is 5.43 Å². The molecular formula is C4H10N2O2S. The molecule has 9 heavy (non-hydrogen) atoms. The van der Waals surface area contributed by atoms with E-state index in [4.69, 9.17) is 5.84 Å². The molecule has 3 N–H and O–H groups in total. The monoisotopic (exact) mass is 150 g/mol. The SMILES string of the molecule is C[S+]([O-])CCC(=O)NN. The highest BCUT2D eigenvalue weighted by molar-refractivity contribution is 7.90.